The zero-order valence-electron chi connectivity index (χ0n) is 9.36. The first-order valence-electron chi connectivity index (χ1n) is 5.34. The Morgan fingerprint density at radius 2 is 2.31 bits per heavy atom. The van der Waals surface area contributed by atoms with E-state index in [9.17, 15) is 0 Å². The molecule has 1 heterocycles. The van der Waals surface area contributed by atoms with E-state index in [0.29, 0.717) is 6.04 Å². The molecule has 1 aliphatic rings. The van der Waals surface area contributed by atoms with Crippen LogP contribution < -0.4 is 4.74 Å². The second-order valence-corrected chi connectivity index (χ2v) is 4.48. The normalized spacial score (nSPS) is 20.5. The Morgan fingerprint density at radius 3 is 2.94 bits per heavy atom. The van der Waals surface area contributed by atoms with E-state index in [4.69, 9.17) is 16.3 Å². The van der Waals surface area contributed by atoms with Crippen LogP contribution >= 0.6 is 24.0 Å². The molecule has 90 valence electrons. The monoisotopic (exact) mass is 261 g/mol. The van der Waals surface area contributed by atoms with Crippen LogP contribution in [0.1, 0.15) is 12.8 Å². The Kier molecular flexibility index (Phi) is 5.39. The highest BCUT2D eigenvalue weighted by Gasteiger charge is 2.21. The molecule has 1 aliphatic heterocycles. The van der Waals surface area contributed by atoms with Crippen molar-refractivity contribution in [3.8, 4) is 5.75 Å². The second kappa shape index (κ2) is 6.33. The molecule has 1 saturated heterocycles. The van der Waals surface area contributed by atoms with Gasteiger partial charge in [0.05, 0.1) is 0 Å². The zero-order chi connectivity index (χ0) is 10.7. The summed E-state index contributed by atoms with van der Waals surface area (Å²) >= 11 is 5.88. The maximum Gasteiger partial charge on any atom is 0.120 e. The van der Waals surface area contributed by atoms with Crippen LogP contribution in [0.4, 0.5) is 0 Å². The van der Waals surface area contributed by atoms with Gasteiger partial charge in [0, 0.05) is 11.1 Å². The number of halogens is 2. The van der Waals surface area contributed by atoms with E-state index in [1.807, 2.05) is 24.3 Å². The van der Waals surface area contributed by atoms with Crippen LogP contribution in [-0.2, 0) is 0 Å². The van der Waals surface area contributed by atoms with Crippen molar-refractivity contribution >= 4 is 24.0 Å². The summed E-state index contributed by atoms with van der Waals surface area (Å²) in [6, 6.07) is 8.13. The van der Waals surface area contributed by atoms with Gasteiger partial charge in [-0.25, -0.2) is 0 Å². The minimum absolute atomic E-state index is 0. The highest BCUT2D eigenvalue weighted by atomic mass is 35.5. The van der Waals surface area contributed by atoms with Crippen LogP contribution in [0.2, 0.25) is 5.02 Å². The minimum atomic E-state index is 0. The Balaban J connectivity index is 0.00000128. The Bertz CT molecular complexity index is 333. The smallest absolute Gasteiger partial charge is 0.120 e. The number of rotatable bonds is 3. The van der Waals surface area contributed by atoms with Gasteiger partial charge in [-0.1, -0.05) is 17.7 Å². The number of nitrogens with zero attached hydrogens (tertiary/aromatic N) is 1. The average Bonchev–Trinajstić information content (AvgIpc) is 2.61. The average molecular weight is 262 g/mol. The van der Waals surface area contributed by atoms with Crippen molar-refractivity contribution in [3.05, 3.63) is 29.3 Å². The molecule has 0 unspecified atom stereocenters. The van der Waals surface area contributed by atoms with Gasteiger partial charge in [-0.2, -0.15) is 0 Å². The molecule has 1 atom stereocenters. The fourth-order valence-electron chi connectivity index (χ4n) is 1.94. The minimum Gasteiger partial charge on any atom is -0.492 e. The third-order valence-electron chi connectivity index (χ3n) is 2.91. The Morgan fingerprint density at radius 1 is 1.50 bits per heavy atom. The summed E-state index contributed by atoms with van der Waals surface area (Å²) in [6.07, 6.45) is 2.51. The predicted octanol–water partition coefficient (Wildman–Crippen LogP) is 3.23. The number of likely N-dealkylation sites (tertiary alicyclic amines) is 1. The fourth-order valence-corrected chi connectivity index (χ4v) is 2.12. The van der Waals surface area contributed by atoms with E-state index in [0.717, 1.165) is 17.4 Å². The lowest BCUT2D eigenvalue weighted by molar-refractivity contribution is 0.198. The van der Waals surface area contributed by atoms with Gasteiger partial charge in [0.25, 0.3) is 0 Å². The van der Waals surface area contributed by atoms with E-state index >= 15 is 0 Å². The van der Waals surface area contributed by atoms with Gasteiger partial charge in [0.15, 0.2) is 0 Å². The summed E-state index contributed by atoms with van der Waals surface area (Å²) in [4.78, 5) is 2.35. The summed E-state index contributed by atoms with van der Waals surface area (Å²) in [5.41, 5.74) is 0. The van der Waals surface area contributed by atoms with Crippen molar-refractivity contribution in [1.82, 2.24) is 4.90 Å². The lowest BCUT2D eigenvalue weighted by Gasteiger charge is -2.19. The molecule has 0 aromatic heterocycles. The van der Waals surface area contributed by atoms with Gasteiger partial charge >= 0.3 is 0 Å². The van der Waals surface area contributed by atoms with Gasteiger partial charge in [-0.15, -0.1) is 12.4 Å². The summed E-state index contributed by atoms with van der Waals surface area (Å²) in [6.45, 7) is 1.94. The van der Waals surface area contributed by atoms with Gasteiger partial charge in [-0.05, 0) is 44.6 Å². The third kappa shape index (κ3) is 3.55. The van der Waals surface area contributed by atoms with Crippen molar-refractivity contribution < 1.29 is 4.74 Å². The van der Waals surface area contributed by atoms with Crippen molar-refractivity contribution in [1.29, 1.82) is 0 Å². The molecule has 2 nitrogen and oxygen atoms in total. The molecule has 1 fully saturated rings. The highest BCUT2D eigenvalue weighted by molar-refractivity contribution is 6.30. The largest absolute Gasteiger partial charge is 0.492 e. The lowest BCUT2D eigenvalue weighted by Crippen LogP contribution is -2.30. The summed E-state index contributed by atoms with van der Waals surface area (Å²) in [7, 11) is 2.15. The van der Waals surface area contributed by atoms with E-state index in [-0.39, 0.29) is 12.4 Å². The van der Waals surface area contributed by atoms with Crippen molar-refractivity contribution in [2.75, 3.05) is 20.2 Å². The van der Waals surface area contributed by atoms with Crippen molar-refractivity contribution in [2.24, 2.45) is 0 Å². The fraction of sp³-hybridized carbons (Fsp3) is 0.500. The molecule has 0 amide bonds. The van der Waals surface area contributed by atoms with E-state index in [1.54, 1.807) is 0 Å². The molecule has 16 heavy (non-hydrogen) atoms. The van der Waals surface area contributed by atoms with E-state index < -0.39 is 0 Å². The first-order chi connectivity index (χ1) is 7.25. The van der Waals surface area contributed by atoms with Crippen LogP contribution in [0.3, 0.4) is 0 Å². The van der Waals surface area contributed by atoms with Crippen LogP contribution in [0.15, 0.2) is 24.3 Å². The molecule has 1 aromatic carbocycles. The molecule has 0 aliphatic carbocycles. The SMILES string of the molecule is CN1CCC[C@H]1COc1cccc(Cl)c1.Cl. The maximum atomic E-state index is 5.88. The van der Waals surface area contributed by atoms with Crippen LogP contribution in [0.25, 0.3) is 0 Å². The number of likely N-dealkylation sites (N-methyl/N-ethyl adjacent to an activating group) is 1. The number of hydrogen-bond donors (Lipinski definition) is 0. The van der Waals surface area contributed by atoms with Crippen molar-refractivity contribution in [2.45, 2.75) is 18.9 Å². The van der Waals surface area contributed by atoms with Crippen LogP contribution in [0, 0.1) is 0 Å². The molecule has 4 heteroatoms. The maximum absolute atomic E-state index is 5.88. The Hall–Kier alpha value is -0.440. The lowest BCUT2D eigenvalue weighted by atomic mass is 10.2. The number of benzene rings is 1. The second-order valence-electron chi connectivity index (χ2n) is 4.05. The Labute approximate surface area is 108 Å². The molecule has 0 N–H and O–H groups in total. The molecule has 0 radical (unpaired) electrons. The quantitative estimate of drug-likeness (QED) is 0.829. The first kappa shape index (κ1) is 13.6. The van der Waals surface area contributed by atoms with Gasteiger partial charge < -0.3 is 9.64 Å². The highest BCUT2D eigenvalue weighted by Crippen LogP contribution is 2.20. The summed E-state index contributed by atoms with van der Waals surface area (Å²) in [5, 5.41) is 0.729. The van der Waals surface area contributed by atoms with Gasteiger partial charge in [-0.3, -0.25) is 0 Å². The first-order valence-corrected chi connectivity index (χ1v) is 5.72. The predicted molar refractivity (Wildman–Crippen MR) is 69.8 cm³/mol. The van der Waals surface area contributed by atoms with Crippen LogP contribution in [-0.4, -0.2) is 31.1 Å². The molecule has 1 aromatic rings. The molecule has 0 saturated carbocycles. The van der Waals surface area contributed by atoms with Gasteiger partial charge in [0.2, 0.25) is 0 Å². The van der Waals surface area contributed by atoms with Crippen molar-refractivity contribution in [3.63, 3.8) is 0 Å². The molecule has 0 spiro atoms. The summed E-state index contributed by atoms with van der Waals surface area (Å²) in [5.74, 6) is 0.864. The number of hydrogen-bond acceptors (Lipinski definition) is 2. The molecular weight excluding hydrogens is 245 g/mol. The zero-order valence-corrected chi connectivity index (χ0v) is 10.9. The van der Waals surface area contributed by atoms with E-state index in [2.05, 4.69) is 11.9 Å². The standard InChI is InChI=1S/C12H16ClNO.ClH/c1-14-7-3-5-11(14)9-15-12-6-2-4-10(13)8-12;/h2,4,6,8,11H,3,5,7,9H2,1H3;1H/t11-;/m0./s1. The third-order valence-corrected chi connectivity index (χ3v) is 3.15. The molecule has 2 rings (SSSR count). The topological polar surface area (TPSA) is 12.5 Å². The molecular formula is C12H17Cl2NO. The van der Waals surface area contributed by atoms with Crippen LogP contribution in [0.5, 0.6) is 5.75 Å². The van der Waals surface area contributed by atoms with Gasteiger partial charge in [0.1, 0.15) is 12.4 Å². The molecule has 0 bridgehead atoms. The summed E-state index contributed by atoms with van der Waals surface area (Å²) < 4.78 is 5.72. The van der Waals surface area contributed by atoms with E-state index in [1.165, 1.54) is 19.4 Å². The number of ether oxygens (including phenoxy) is 1.